The molecular formula is C26H52ClNO3. The van der Waals surface area contributed by atoms with Gasteiger partial charge < -0.3 is 15.3 Å². The predicted octanol–water partition coefficient (Wildman–Crippen LogP) is 5.73. The summed E-state index contributed by atoms with van der Waals surface area (Å²) in [5, 5.41) is 26.1. The van der Waals surface area contributed by atoms with Gasteiger partial charge in [-0.15, -0.1) is 18.8 Å². The number of allylic oxidation sites excluding steroid dienone is 2. The van der Waals surface area contributed by atoms with E-state index in [1.54, 1.807) is 6.92 Å². The Balaban J connectivity index is -0.00000116. The van der Waals surface area contributed by atoms with Gasteiger partial charge in [-0.05, 0) is 45.6 Å². The van der Waals surface area contributed by atoms with E-state index in [2.05, 4.69) is 36.3 Å². The lowest BCUT2D eigenvalue weighted by Gasteiger charge is -2.19. The Morgan fingerprint density at radius 2 is 1.13 bits per heavy atom. The van der Waals surface area contributed by atoms with Crippen LogP contribution in [0.25, 0.3) is 0 Å². The van der Waals surface area contributed by atoms with Gasteiger partial charge in [0.15, 0.2) is 0 Å². The minimum Gasteiger partial charge on any atom is -0.395 e. The summed E-state index contributed by atoms with van der Waals surface area (Å²) in [5.41, 5.74) is 0. The normalized spacial score (nSPS) is 11.6. The van der Waals surface area contributed by atoms with Crippen LogP contribution in [0.2, 0.25) is 0 Å². The van der Waals surface area contributed by atoms with Gasteiger partial charge in [-0.1, -0.05) is 82.8 Å². The Labute approximate surface area is 199 Å². The Morgan fingerprint density at radius 1 is 0.742 bits per heavy atom. The van der Waals surface area contributed by atoms with E-state index in [9.17, 15) is 0 Å². The fraction of sp³-hybridized carbons (Fsp3) is 0.846. The van der Waals surface area contributed by atoms with Crippen LogP contribution in [-0.4, -0.2) is 59.2 Å². The molecule has 0 heterocycles. The number of nitrogens with zero attached hydrogens (tertiary/aromatic N) is 1. The number of aliphatic hydroxyl groups is 3. The summed E-state index contributed by atoms with van der Waals surface area (Å²) >= 11 is 0. The number of hydrogen-bond donors (Lipinski definition) is 3. The van der Waals surface area contributed by atoms with Crippen molar-refractivity contribution in [1.29, 1.82) is 0 Å². The van der Waals surface area contributed by atoms with Crippen molar-refractivity contribution < 1.29 is 15.3 Å². The van der Waals surface area contributed by atoms with Crippen LogP contribution in [-0.2, 0) is 0 Å². The maximum Gasteiger partial charge on any atom is 0.111 e. The van der Waals surface area contributed by atoms with Crippen LogP contribution >= 0.6 is 12.4 Å². The zero-order valence-electron chi connectivity index (χ0n) is 20.4. The summed E-state index contributed by atoms with van der Waals surface area (Å²) in [7, 11) is 0. The van der Waals surface area contributed by atoms with E-state index in [4.69, 9.17) is 15.3 Å². The molecule has 5 heteroatoms. The number of hydrogen-bond acceptors (Lipinski definition) is 4. The van der Waals surface area contributed by atoms with Gasteiger partial charge in [-0.25, -0.2) is 0 Å². The third-order valence-corrected chi connectivity index (χ3v) is 5.06. The van der Waals surface area contributed by atoms with E-state index in [0.717, 1.165) is 6.54 Å². The summed E-state index contributed by atoms with van der Waals surface area (Å²) < 4.78 is 0. The molecule has 0 aliphatic carbocycles. The fourth-order valence-electron chi connectivity index (χ4n) is 3.20. The molecule has 3 N–H and O–H groups in total. The van der Waals surface area contributed by atoms with E-state index in [0.29, 0.717) is 13.1 Å². The van der Waals surface area contributed by atoms with Crippen molar-refractivity contribution in [2.45, 2.75) is 110 Å². The van der Waals surface area contributed by atoms with Gasteiger partial charge in [-0.2, -0.15) is 0 Å². The van der Waals surface area contributed by atoms with Gasteiger partial charge in [0.05, 0.1) is 13.2 Å². The molecule has 0 saturated carbocycles. The summed E-state index contributed by atoms with van der Waals surface area (Å²) in [6.45, 7) is 6.56. The molecule has 0 fully saturated rings. The van der Waals surface area contributed by atoms with Gasteiger partial charge >= 0.3 is 0 Å². The highest BCUT2D eigenvalue weighted by Crippen LogP contribution is 2.10. The van der Waals surface area contributed by atoms with E-state index in [1.807, 2.05) is 0 Å². The molecule has 0 aromatic rings. The first-order chi connectivity index (χ1) is 14.6. The van der Waals surface area contributed by atoms with Crippen molar-refractivity contribution >= 4 is 12.4 Å². The molecule has 0 aliphatic heterocycles. The minimum atomic E-state index is -0.588. The molecule has 0 aliphatic rings. The molecular weight excluding hydrogens is 410 g/mol. The van der Waals surface area contributed by atoms with Crippen molar-refractivity contribution in [3.05, 3.63) is 12.2 Å². The predicted molar refractivity (Wildman–Crippen MR) is 138 cm³/mol. The second-order valence-electron chi connectivity index (χ2n) is 8.07. The second kappa shape index (κ2) is 31.6. The molecule has 0 bridgehead atoms. The van der Waals surface area contributed by atoms with Crippen LogP contribution < -0.4 is 0 Å². The number of unbranched alkanes of at least 4 members (excludes halogenated alkanes) is 12. The quantitative estimate of drug-likeness (QED) is 0.123. The van der Waals surface area contributed by atoms with Crippen molar-refractivity contribution in [1.82, 2.24) is 4.90 Å². The molecule has 31 heavy (non-hydrogen) atoms. The van der Waals surface area contributed by atoms with Crippen LogP contribution in [0.5, 0.6) is 0 Å². The molecule has 1 unspecified atom stereocenters. The highest BCUT2D eigenvalue weighted by atomic mass is 35.5. The first-order valence-corrected chi connectivity index (χ1v) is 12.4. The molecule has 0 aromatic carbocycles. The molecule has 186 valence electrons. The second-order valence-corrected chi connectivity index (χ2v) is 8.07. The lowest BCUT2D eigenvalue weighted by Crippen LogP contribution is -2.30. The highest BCUT2D eigenvalue weighted by Gasteiger charge is 2.02. The molecule has 0 saturated heterocycles. The van der Waals surface area contributed by atoms with Crippen LogP contribution in [0.4, 0.5) is 0 Å². The Bertz CT molecular complexity index is 377. The highest BCUT2D eigenvalue weighted by molar-refractivity contribution is 5.85. The Hall–Kier alpha value is -0.570. The van der Waals surface area contributed by atoms with E-state index in [1.165, 1.54) is 89.9 Å². The number of halogens is 1. The van der Waals surface area contributed by atoms with Gasteiger partial charge in [-0.3, -0.25) is 4.90 Å². The fourth-order valence-corrected chi connectivity index (χ4v) is 3.20. The molecule has 4 nitrogen and oxygen atoms in total. The molecule has 0 amide bonds. The van der Waals surface area contributed by atoms with E-state index >= 15 is 0 Å². The summed E-state index contributed by atoms with van der Waals surface area (Å²) in [4.78, 5) is 2.15. The smallest absolute Gasteiger partial charge is 0.111 e. The maximum atomic E-state index is 8.97. The van der Waals surface area contributed by atoms with E-state index < -0.39 is 6.10 Å². The zero-order chi connectivity index (χ0) is 22.7. The van der Waals surface area contributed by atoms with Crippen molar-refractivity contribution in [2.24, 2.45) is 0 Å². The third kappa shape index (κ3) is 34.2. The summed E-state index contributed by atoms with van der Waals surface area (Å²) in [5.74, 6) is 2.08. The standard InChI is InChI=1S/C22H45NO2.C4H6O.ClH/c1-2-3-4-5-6-7-8-9-10-11-12-13-14-15-16-17-18-23(19-21-24)20-22-25;1-3-4(2)5;/h9-10,24-25H,2-8,11-22H2,1H3;1,4-5H,2H3;1H/b10-9-;;. The van der Waals surface area contributed by atoms with Gasteiger partial charge in [0.2, 0.25) is 0 Å². The summed E-state index contributed by atoms with van der Waals surface area (Å²) in [6, 6.07) is 0. The average Bonchev–Trinajstić information content (AvgIpc) is 2.74. The zero-order valence-corrected chi connectivity index (χ0v) is 21.3. The van der Waals surface area contributed by atoms with Crippen LogP contribution in [0.1, 0.15) is 104 Å². The first-order valence-electron chi connectivity index (χ1n) is 12.4. The lowest BCUT2D eigenvalue weighted by molar-refractivity contribution is 0.159. The van der Waals surface area contributed by atoms with Crippen LogP contribution in [0.15, 0.2) is 12.2 Å². The third-order valence-electron chi connectivity index (χ3n) is 5.06. The summed E-state index contributed by atoms with van der Waals surface area (Å²) in [6.07, 6.45) is 27.5. The maximum absolute atomic E-state index is 8.97. The monoisotopic (exact) mass is 461 g/mol. The van der Waals surface area contributed by atoms with Gasteiger partial charge in [0, 0.05) is 13.1 Å². The topological polar surface area (TPSA) is 63.9 Å². The molecule has 0 rings (SSSR count). The van der Waals surface area contributed by atoms with Crippen LogP contribution in [0.3, 0.4) is 0 Å². The molecule has 0 aromatic heterocycles. The SMILES string of the molecule is C#CC(C)O.CCCCCCCC/C=C\CCCCCCCCN(CCO)CCO.Cl. The van der Waals surface area contributed by atoms with E-state index in [-0.39, 0.29) is 25.6 Å². The number of terminal acetylenes is 1. The molecule has 0 radical (unpaired) electrons. The minimum absolute atomic E-state index is 0. The Morgan fingerprint density at radius 3 is 1.52 bits per heavy atom. The largest absolute Gasteiger partial charge is 0.395 e. The van der Waals surface area contributed by atoms with Crippen molar-refractivity contribution in [3.63, 3.8) is 0 Å². The number of rotatable bonds is 20. The molecule has 0 spiro atoms. The average molecular weight is 462 g/mol. The van der Waals surface area contributed by atoms with Crippen molar-refractivity contribution in [2.75, 3.05) is 32.8 Å². The number of aliphatic hydroxyl groups excluding tert-OH is 3. The first kappa shape index (κ1) is 35.0. The lowest BCUT2D eigenvalue weighted by atomic mass is 10.1. The Kier molecular flexibility index (Phi) is 35.7. The van der Waals surface area contributed by atoms with Gasteiger partial charge in [0.1, 0.15) is 6.10 Å². The van der Waals surface area contributed by atoms with Gasteiger partial charge in [0.25, 0.3) is 0 Å². The van der Waals surface area contributed by atoms with Crippen molar-refractivity contribution in [3.8, 4) is 12.3 Å². The molecule has 1 atom stereocenters. The van der Waals surface area contributed by atoms with Crippen LogP contribution in [0, 0.1) is 12.3 Å².